The van der Waals surface area contributed by atoms with Crippen molar-refractivity contribution in [3.63, 3.8) is 0 Å². The lowest BCUT2D eigenvalue weighted by Crippen LogP contribution is -2.33. The van der Waals surface area contributed by atoms with E-state index in [4.69, 9.17) is 4.74 Å². The molecule has 1 aliphatic rings. The zero-order chi connectivity index (χ0) is 7.72. The molecule has 3 atom stereocenters. The Morgan fingerprint density at radius 1 is 1.40 bits per heavy atom. The predicted octanol–water partition coefficient (Wildman–Crippen LogP) is 1.59. The van der Waals surface area contributed by atoms with Crippen molar-refractivity contribution in [3.05, 3.63) is 0 Å². The van der Waals surface area contributed by atoms with Crippen LogP contribution in [0.15, 0.2) is 0 Å². The highest BCUT2D eigenvalue weighted by molar-refractivity contribution is 5.72. The summed E-state index contributed by atoms with van der Waals surface area (Å²) in [5, 5.41) is 0. The quantitative estimate of drug-likeness (QED) is 0.480. The largest absolute Gasteiger partial charge is 0.462 e. The summed E-state index contributed by atoms with van der Waals surface area (Å²) in [5.74, 6) is 0.587. The Labute approximate surface area is 61.6 Å². The molecule has 1 fully saturated rings. The minimum atomic E-state index is -0.0365. The van der Waals surface area contributed by atoms with Gasteiger partial charge in [0.1, 0.15) is 6.10 Å². The molecular formula is C8H14O2. The number of ether oxygens (including phenoxy) is 1. The van der Waals surface area contributed by atoms with Crippen molar-refractivity contribution >= 4 is 5.97 Å². The molecule has 0 saturated carbocycles. The predicted molar refractivity (Wildman–Crippen MR) is 38.5 cm³/mol. The summed E-state index contributed by atoms with van der Waals surface area (Å²) in [4.78, 5) is 10.9. The van der Waals surface area contributed by atoms with Gasteiger partial charge in [0.25, 0.3) is 0 Å². The van der Waals surface area contributed by atoms with Crippen molar-refractivity contribution in [1.82, 2.24) is 0 Å². The lowest BCUT2D eigenvalue weighted by molar-refractivity contribution is -0.162. The molecule has 0 unspecified atom stereocenters. The Balaban J connectivity index is 2.54. The molecule has 1 heterocycles. The molecule has 1 saturated heterocycles. The number of rotatable bonds is 0. The van der Waals surface area contributed by atoms with Gasteiger partial charge in [-0.05, 0) is 19.3 Å². The third-order valence-corrected chi connectivity index (χ3v) is 2.23. The summed E-state index contributed by atoms with van der Waals surface area (Å²) in [6.45, 7) is 5.99. The van der Waals surface area contributed by atoms with E-state index < -0.39 is 0 Å². The number of cyclic esters (lactones) is 1. The Hall–Kier alpha value is -0.530. The fraction of sp³-hybridized carbons (Fsp3) is 0.875. The van der Waals surface area contributed by atoms with Crippen LogP contribution in [0.1, 0.15) is 27.2 Å². The van der Waals surface area contributed by atoms with Crippen molar-refractivity contribution in [1.29, 1.82) is 0 Å². The Morgan fingerprint density at radius 2 is 2.00 bits per heavy atom. The topological polar surface area (TPSA) is 26.3 Å². The molecule has 0 spiro atoms. The SMILES string of the molecule is C[C@@H]1C[C@@H](C)[C@@H](C)OC1=O. The van der Waals surface area contributed by atoms with Gasteiger partial charge in [-0.1, -0.05) is 13.8 Å². The Morgan fingerprint density at radius 3 is 2.50 bits per heavy atom. The molecule has 0 amide bonds. The average Bonchev–Trinajstić information content (AvgIpc) is 1.84. The van der Waals surface area contributed by atoms with E-state index in [-0.39, 0.29) is 18.0 Å². The number of carbonyl (C=O) groups excluding carboxylic acids is 1. The summed E-state index contributed by atoms with van der Waals surface area (Å²) in [6, 6.07) is 0. The highest BCUT2D eigenvalue weighted by Gasteiger charge is 2.29. The molecule has 0 aliphatic carbocycles. The molecule has 10 heavy (non-hydrogen) atoms. The average molecular weight is 142 g/mol. The molecule has 58 valence electrons. The maximum absolute atomic E-state index is 10.9. The molecule has 2 heteroatoms. The summed E-state index contributed by atoms with van der Waals surface area (Å²) >= 11 is 0. The van der Waals surface area contributed by atoms with Crippen molar-refractivity contribution in [2.24, 2.45) is 11.8 Å². The van der Waals surface area contributed by atoms with Gasteiger partial charge in [0.05, 0.1) is 5.92 Å². The van der Waals surface area contributed by atoms with E-state index in [1.54, 1.807) is 0 Å². The van der Waals surface area contributed by atoms with Crippen LogP contribution >= 0.6 is 0 Å². The van der Waals surface area contributed by atoms with Gasteiger partial charge in [-0.25, -0.2) is 0 Å². The first-order valence-corrected chi connectivity index (χ1v) is 3.81. The van der Waals surface area contributed by atoms with E-state index >= 15 is 0 Å². The number of hydrogen-bond acceptors (Lipinski definition) is 2. The van der Waals surface area contributed by atoms with Gasteiger partial charge in [0.15, 0.2) is 0 Å². The molecular weight excluding hydrogens is 128 g/mol. The van der Waals surface area contributed by atoms with Gasteiger partial charge in [0.2, 0.25) is 0 Å². The minimum absolute atomic E-state index is 0.0365. The van der Waals surface area contributed by atoms with Crippen molar-refractivity contribution in [2.45, 2.75) is 33.3 Å². The molecule has 0 aromatic carbocycles. The van der Waals surface area contributed by atoms with Gasteiger partial charge in [-0.15, -0.1) is 0 Å². The van der Waals surface area contributed by atoms with Crippen LogP contribution in [0.25, 0.3) is 0 Å². The van der Waals surface area contributed by atoms with E-state index in [0.717, 1.165) is 6.42 Å². The third-order valence-electron chi connectivity index (χ3n) is 2.23. The monoisotopic (exact) mass is 142 g/mol. The van der Waals surface area contributed by atoms with E-state index in [0.29, 0.717) is 5.92 Å². The van der Waals surface area contributed by atoms with E-state index in [9.17, 15) is 4.79 Å². The van der Waals surface area contributed by atoms with Gasteiger partial charge in [0, 0.05) is 0 Å². The van der Waals surface area contributed by atoms with Crippen LogP contribution < -0.4 is 0 Å². The Bertz CT molecular complexity index is 142. The molecule has 0 N–H and O–H groups in total. The summed E-state index contributed by atoms with van der Waals surface area (Å²) in [5.41, 5.74) is 0. The van der Waals surface area contributed by atoms with Gasteiger partial charge >= 0.3 is 5.97 Å². The second-order valence-corrected chi connectivity index (χ2v) is 3.26. The molecule has 0 radical (unpaired) electrons. The van der Waals surface area contributed by atoms with E-state index in [1.165, 1.54) is 0 Å². The zero-order valence-corrected chi connectivity index (χ0v) is 6.76. The second kappa shape index (κ2) is 2.60. The first-order valence-electron chi connectivity index (χ1n) is 3.81. The summed E-state index contributed by atoms with van der Waals surface area (Å²) in [7, 11) is 0. The van der Waals surface area contributed by atoms with Crippen LogP contribution in [0.5, 0.6) is 0 Å². The lowest BCUT2D eigenvalue weighted by Gasteiger charge is -2.29. The van der Waals surface area contributed by atoms with Crippen LogP contribution in [0, 0.1) is 11.8 Å². The van der Waals surface area contributed by atoms with Gasteiger partial charge in [-0.3, -0.25) is 4.79 Å². The molecule has 0 aromatic heterocycles. The summed E-state index contributed by atoms with van der Waals surface area (Å²) < 4.78 is 5.07. The zero-order valence-electron chi connectivity index (χ0n) is 6.76. The number of esters is 1. The maximum atomic E-state index is 10.9. The Kier molecular flexibility index (Phi) is 1.97. The van der Waals surface area contributed by atoms with Crippen molar-refractivity contribution in [3.8, 4) is 0 Å². The summed E-state index contributed by atoms with van der Waals surface area (Å²) in [6.07, 6.45) is 1.09. The molecule has 1 rings (SSSR count). The maximum Gasteiger partial charge on any atom is 0.308 e. The van der Waals surface area contributed by atoms with Crippen LogP contribution in [-0.2, 0) is 9.53 Å². The highest BCUT2D eigenvalue weighted by atomic mass is 16.5. The van der Waals surface area contributed by atoms with Crippen LogP contribution in [0.4, 0.5) is 0 Å². The molecule has 0 bridgehead atoms. The highest BCUT2D eigenvalue weighted by Crippen LogP contribution is 2.24. The lowest BCUT2D eigenvalue weighted by atomic mass is 9.91. The fourth-order valence-electron chi connectivity index (χ4n) is 1.26. The number of carbonyl (C=O) groups is 1. The van der Waals surface area contributed by atoms with Crippen LogP contribution in [-0.4, -0.2) is 12.1 Å². The van der Waals surface area contributed by atoms with Crippen molar-refractivity contribution in [2.75, 3.05) is 0 Å². The smallest absolute Gasteiger partial charge is 0.308 e. The van der Waals surface area contributed by atoms with Crippen LogP contribution in [0.3, 0.4) is 0 Å². The molecule has 2 nitrogen and oxygen atoms in total. The number of hydrogen-bond donors (Lipinski definition) is 0. The van der Waals surface area contributed by atoms with Crippen LogP contribution in [0.2, 0.25) is 0 Å². The second-order valence-electron chi connectivity index (χ2n) is 3.26. The third kappa shape index (κ3) is 1.31. The van der Waals surface area contributed by atoms with Gasteiger partial charge < -0.3 is 4.74 Å². The molecule has 0 aromatic rings. The molecule has 1 aliphatic heterocycles. The van der Waals surface area contributed by atoms with Crippen molar-refractivity contribution < 1.29 is 9.53 Å². The standard InChI is InChI=1S/C8H14O2/c1-5-4-6(2)8(9)10-7(5)3/h5-7H,4H2,1-3H3/t5-,6-,7-/m1/s1. The normalized spacial score (nSPS) is 41.1. The van der Waals surface area contributed by atoms with E-state index in [2.05, 4.69) is 6.92 Å². The van der Waals surface area contributed by atoms with E-state index in [1.807, 2.05) is 13.8 Å². The first kappa shape index (κ1) is 7.58. The van der Waals surface area contributed by atoms with Gasteiger partial charge in [-0.2, -0.15) is 0 Å². The fourth-order valence-corrected chi connectivity index (χ4v) is 1.26. The first-order chi connectivity index (χ1) is 4.61. The minimum Gasteiger partial charge on any atom is -0.462 e.